The summed E-state index contributed by atoms with van der Waals surface area (Å²) in [6.45, 7) is 2.20. The first-order valence-corrected chi connectivity index (χ1v) is 8.84. The Hall–Kier alpha value is -3.00. The van der Waals surface area contributed by atoms with Crippen molar-refractivity contribution in [3.63, 3.8) is 0 Å². The van der Waals surface area contributed by atoms with Crippen molar-refractivity contribution in [2.24, 2.45) is 0 Å². The van der Waals surface area contributed by atoms with Crippen LogP contribution in [0.1, 0.15) is 32.6 Å². The van der Waals surface area contributed by atoms with Gasteiger partial charge in [-0.3, -0.25) is 9.59 Å². The molecule has 1 amide bonds. The summed E-state index contributed by atoms with van der Waals surface area (Å²) in [4.78, 5) is 35.4. The summed E-state index contributed by atoms with van der Waals surface area (Å²) in [6, 6.07) is 8.63. The van der Waals surface area contributed by atoms with Crippen molar-refractivity contribution >= 4 is 17.2 Å². The minimum atomic E-state index is -0.405. The third kappa shape index (κ3) is 4.54. The maximum absolute atomic E-state index is 12.3. The van der Waals surface area contributed by atoms with Gasteiger partial charge in [0.1, 0.15) is 17.3 Å². The molecule has 0 aliphatic rings. The quantitative estimate of drug-likeness (QED) is 0.692. The molecule has 0 aliphatic heterocycles. The van der Waals surface area contributed by atoms with Gasteiger partial charge in [-0.15, -0.1) is 11.3 Å². The van der Waals surface area contributed by atoms with Crippen molar-refractivity contribution in [3.8, 4) is 5.75 Å². The molecule has 0 unspecified atom stereocenters. The zero-order valence-corrected chi connectivity index (χ0v) is 15.2. The predicted octanol–water partition coefficient (Wildman–Crippen LogP) is 2.06. The molecule has 0 radical (unpaired) electrons. The third-order valence-corrected chi connectivity index (χ3v) is 4.47. The fourth-order valence-electron chi connectivity index (χ4n) is 2.40. The fourth-order valence-corrected chi connectivity index (χ4v) is 3.01. The van der Waals surface area contributed by atoms with E-state index in [0.717, 1.165) is 22.0 Å². The van der Waals surface area contributed by atoms with Crippen molar-refractivity contribution in [1.29, 1.82) is 0 Å². The molecular formula is C18H18N4O3S. The monoisotopic (exact) mass is 370 g/mol. The fraction of sp³-hybridized carbons (Fsp3) is 0.222. The normalized spacial score (nSPS) is 10.5. The number of hydrogen-bond acceptors (Lipinski definition) is 6. The van der Waals surface area contributed by atoms with E-state index in [1.807, 2.05) is 36.6 Å². The van der Waals surface area contributed by atoms with Gasteiger partial charge in [-0.25, -0.2) is 9.97 Å². The van der Waals surface area contributed by atoms with Crippen LogP contribution in [0.4, 0.5) is 0 Å². The lowest BCUT2D eigenvalue weighted by Gasteiger charge is -2.06. The van der Waals surface area contributed by atoms with E-state index in [2.05, 4.69) is 20.3 Å². The Morgan fingerprint density at radius 1 is 1.27 bits per heavy atom. The van der Waals surface area contributed by atoms with Gasteiger partial charge in [0.2, 0.25) is 0 Å². The number of thiazole rings is 1. The van der Waals surface area contributed by atoms with Crippen LogP contribution in [0, 0.1) is 6.92 Å². The number of aryl methyl sites for hydroxylation is 1. The second-order valence-corrected chi connectivity index (χ2v) is 6.70. The predicted molar refractivity (Wildman–Crippen MR) is 98.7 cm³/mol. The van der Waals surface area contributed by atoms with Gasteiger partial charge >= 0.3 is 0 Å². The van der Waals surface area contributed by atoms with E-state index < -0.39 is 5.91 Å². The SMILES string of the molecule is COc1ccc(Cc2nc(C(=O)NCc3csc(C)n3)cc(=O)[nH]2)cc1. The van der Waals surface area contributed by atoms with Crippen LogP contribution in [-0.4, -0.2) is 28.0 Å². The molecule has 1 aromatic carbocycles. The van der Waals surface area contributed by atoms with Gasteiger partial charge in [-0.2, -0.15) is 0 Å². The number of nitrogens with one attached hydrogen (secondary N) is 2. The molecule has 8 heteroatoms. The van der Waals surface area contributed by atoms with Crippen molar-refractivity contribution in [1.82, 2.24) is 20.3 Å². The first-order chi connectivity index (χ1) is 12.5. The molecule has 0 fully saturated rings. The number of ether oxygens (including phenoxy) is 1. The van der Waals surface area contributed by atoms with Crippen molar-refractivity contribution < 1.29 is 9.53 Å². The highest BCUT2D eigenvalue weighted by atomic mass is 32.1. The Labute approximate surface area is 154 Å². The van der Waals surface area contributed by atoms with Gasteiger partial charge in [0.25, 0.3) is 11.5 Å². The van der Waals surface area contributed by atoms with Crippen molar-refractivity contribution in [2.45, 2.75) is 19.9 Å². The molecule has 0 aliphatic carbocycles. The standard InChI is InChI=1S/C18H18N4O3S/c1-11-20-13(10-26-11)9-19-18(24)15-8-17(23)22-16(21-15)7-12-3-5-14(25-2)6-4-12/h3-6,8,10H,7,9H2,1-2H3,(H,19,24)(H,21,22,23). The Kier molecular flexibility index (Phi) is 5.43. The van der Waals surface area contributed by atoms with Gasteiger partial charge in [-0.1, -0.05) is 12.1 Å². The second kappa shape index (κ2) is 7.92. The molecule has 0 saturated heterocycles. The summed E-state index contributed by atoms with van der Waals surface area (Å²) in [6.07, 6.45) is 0.408. The Bertz CT molecular complexity index is 963. The first-order valence-electron chi connectivity index (χ1n) is 7.96. The van der Waals surface area contributed by atoms with Crippen molar-refractivity contribution in [3.05, 3.63) is 73.8 Å². The molecule has 2 aromatic heterocycles. The van der Waals surface area contributed by atoms with E-state index in [1.54, 1.807) is 7.11 Å². The van der Waals surface area contributed by atoms with Crippen molar-refractivity contribution in [2.75, 3.05) is 7.11 Å². The molecule has 3 aromatic rings. The van der Waals surface area contributed by atoms with E-state index in [4.69, 9.17) is 4.74 Å². The highest BCUT2D eigenvalue weighted by Crippen LogP contribution is 2.13. The molecule has 7 nitrogen and oxygen atoms in total. The van der Waals surface area contributed by atoms with Crippen LogP contribution in [0.5, 0.6) is 5.75 Å². The lowest BCUT2D eigenvalue weighted by Crippen LogP contribution is -2.26. The Balaban J connectivity index is 1.71. The zero-order chi connectivity index (χ0) is 18.5. The van der Waals surface area contributed by atoms with Gasteiger partial charge in [0, 0.05) is 17.9 Å². The minimum Gasteiger partial charge on any atom is -0.497 e. The van der Waals surface area contributed by atoms with E-state index >= 15 is 0 Å². The number of aromatic amines is 1. The number of benzene rings is 1. The van der Waals surface area contributed by atoms with E-state index in [-0.39, 0.29) is 11.3 Å². The Morgan fingerprint density at radius 3 is 2.69 bits per heavy atom. The third-order valence-electron chi connectivity index (χ3n) is 3.65. The number of methoxy groups -OCH3 is 1. The lowest BCUT2D eigenvalue weighted by molar-refractivity contribution is 0.0945. The van der Waals surface area contributed by atoms with E-state index in [9.17, 15) is 9.59 Å². The number of amides is 1. The second-order valence-electron chi connectivity index (χ2n) is 5.64. The highest BCUT2D eigenvalue weighted by Gasteiger charge is 2.11. The van der Waals surface area contributed by atoms with E-state index in [1.165, 1.54) is 17.4 Å². The molecule has 2 heterocycles. The summed E-state index contributed by atoms with van der Waals surface area (Å²) in [5.74, 6) is 0.774. The van der Waals surface area contributed by atoms with Gasteiger partial charge in [-0.05, 0) is 24.6 Å². The maximum Gasteiger partial charge on any atom is 0.270 e. The summed E-state index contributed by atoms with van der Waals surface area (Å²) in [7, 11) is 1.60. The number of carbonyl (C=O) groups is 1. The molecule has 26 heavy (non-hydrogen) atoms. The number of carbonyl (C=O) groups excluding carboxylic acids is 1. The zero-order valence-electron chi connectivity index (χ0n) is 14.4. The van der Waals surface area contributed by atoms with Crippen LogP contribution in [0.3, 0.4) is 0 Å². The van der Waals surface area contributed by atoms with Crippen LogP contribution in [0.25, 0.3) is 0 Å². The number of nitrogens with zero attached hydrogens (tertiary/aromatic N) is 2. The maximum atomic E-state index is 12.3. The lowest BCUT2D eigenvalue weighted by atomic mass is 10.1. The molecule has 134 valence electrons. The molecule has 0 spiro atoms. The van der Waals surface area contributed by atoms with Crippen LogP contribution >= 0.6 is 11.3 Å². The molecular weight excluding hydrogens is 352 g/mol. The topological polar surface area (TPSA) is 97.0 Å². The van der Waals surface area contributed by atoms with Gasteiger partial charge in [0.05, 0.1) is 24.4 Å². The smallest absolute Gasteiger partial charge is 0.270 e. The number of aromatic nitrogens is 3. The van der Waals surface area contributed by atoms with Crippen LogP contribution < -0.4 is 15.6 Å². The largest absolute Gasteiger partial charge is 0.497 e. The first kappa shape index (κ1) is 17.8. The van der Waals surface area contributed by atoms with Crippen LogP contribution in [0.15, 0.2) is 40.5 Å². The number of hydrogen-bond donors (Lipinski definition) is 2. The average molecular weight is 370 g/mol. The summed E-state index contributed by atoms with van der Waals surface area (Å²) in [5, 5.41) is 5.56. The van der Waals surface area contributed by atoms with Crippen LogP contribution in [-0.2, 0) is 13.0 Å². The van der Waals surface area contributed by atoms with Crippen LogP contribution in [0.2, 0.25) is 0 Å². The number of H-pyrrole nitrogens is 1. The van der Waals surface area contributed by atoms with Gasteiger partial charge < -0.3 is 15.0 Å². The minimum absolute atomic E-state index is 0.0872. The molecule has 0 bridgehead atoms. The Morgan fingerprint density at radius 2 is 2.04 bits per heavy atom. The summed E-state index contributed by atoms with van der Waals surface area (Å²) < 4.78 is 5.12. The molecule has 2 N–H and O–H groups in total. The average Bonchev–Trinajstić information content (AvgIpc) is 3.05. The molecule has 3 rings (SSSR count). The number of rotatable bonds is 6. The highest BCUT2D eigenvalue weighted by molar-refractivity contribution is 7.09. The van der Waals surface area contributed by atoms with Gasteiger partial charge in [0.15, 0.2) is 0 Å². The van der Waals surface area contributed by atoms with E-state index in [0.29, 0.717) is 18.8 Å². The summed E-state index contributed by atoms with van der Waals surface area (Å²) in [5.41, 5.74) is 1.45. The molecule has 0 saturated carbocycles. The molecule has 0 atom stereocenters. The summed E-state index contributed by atoms with van der Waals surface area (Å²) >= 11 is 1.52.